The van der Waals surface area contributed by atoms with Crippen LogP contribution in [0.4, 0.5) is 5.69 Å². The van der Waals surface area contributed by atoms with E-state index in [0.717, 1.165) is 25.9 Å². The average molecular weight is 494 g/mol. The van der Waals surface area contributed by atoms with Crippen molar-refractivity contribution >= 4 is 21.6 Å². The van der Waals surface area contributed by atoms with Crippen molar-refractivity contribution in [2.45, 2.75) is 37.2 Å². The number of carbonyl (C=O) groups excluding carboxylic acids is 1. The SMILES string of the molecule is CCC(CNC(=O)c1ccc(S(=O)(=O)Nc2ccccc2OC)cc1)N1CCc2ccccc2C1. The molecule has 1 aliphatic rings. The molecule has 4 rings (SSSR count). The number of hydrogen-bond acceptors (Lipinski definition) is 5. The number of rotatable bonds is 9. The molecule has 3 aromatic rings. The Balaban J connectivity index is 1.37. The molecule has 1 amide bonds. The molecule has 0 aliphatic carbocycles. The highest BCUT2D eigenvalue weighted by atomic mass is 32.2. The molecule has 1 unspecified atom stereocenters. The fourth-order valence-corrected chi connectivity index (χ4v) is 5.46. The Labute approximate surface area is 207 Å². The third-order valence-corrected chi connectivity index (χ3v) is 7.81. The Kier molecular flexibility index (Phi) is 7.73. The summed E-state index contributed by atoms with van der Waals surface area (Å²) < 4.78 is 33.3. The zero-order valence-corrected chi connectivity index (χ0v) is 20.8. The second kappa shape index (κ2) is 10.9. The summed E-state index contributed by atoms with van der Waals surface area (Å²) in [7, 11) is -2.35. The van der Waals surface area contributed by atoms with Crippen LogP contribution in [-0.4, -0.2) is 45.5 Å². The van der Waals surface area contributed by atoms with E-state index >= 15 is 0 Å². The van der Waals surface area contributed by atoms with Gasteiger partial charge in [-0.2, -0.15) is 0 Å². The number of ether oxygens (including phenoxy) is 1. The van der Waals surface area contributed by atoms with Crippen molar-refractivity contribution in [1.29, 1.82) is 0 Å². The molecule has 1 heterocycles. The van der Waals surface area contributed by atoms with Crippen LogP contribution in [-0.2, 0) is 23.0 Å². The minimum Gasteiger partial charge on any atom is -0.495 e. The molecule has 8 heteroatoms. The lowest BCUT2D eigenvalue weighted by atomic mass is 9.98. The molecule has 0 radical (unpaired) electrons. The van der Waals surface area contributed by atoms with Crippen LogP contribution in [0.2, 0.25) is 0 Å². The standard InChI is InChI=1S/C27H31N3O4S/c1-3-23(30-17-16-20-8-4-5-9-22(20)19-30)18-28-27(31)21-12-14-24(15-13-21)35(32,33)29-25-10-6-7-11-26(25)34-2/h4-15,23,29H,3,16-19H2,1-2H3,(H,28,31). The van der Waals surface area contributed by atoms with Crippen molar-refractivity contribution in [1.82, 2.24) is 10.2 Å². The number of carbonyl (C=O) groups is 1. The first-order chi connectivity index (χ1) is 16.9. The first-order valence-electron chi connectivity index (χ1n) is 11.8. The second-order valence-corrected chi connectivity index (χ2v) is 10.3. The van der Waals surface area contributed by atoms with Crippen LogP contribution in [0.5, 0.6) is 5.75 Å². The molecule has 0 fully saturated rings. The maximum Gasteiger partial charge on any atom is 0.262 e. The Hall–Kier alpha value is -3.36. The first kappa shape index (κ1) is 24.8. The van der Waals surface area contributed by atoms with E-state index in [1.165, 1.54) is 42.5 Å². The number of benzene rings is 3. The molecular weight excluding hydrogens is 462 g/mol. The van der Waals surface area contributed by atoms with Crippen LogP contribution in [0, 0.1) is 0 Å². The summed E-state index contributed by atoms with van der Waals surface area (Å²) in [4.78, 5) is 15.3. The normalized spacial score (nSPS) is 14.6. The van der Waals surface area contributed by atoms with Gasteiger partial charge in [-0.3, -0.25) is 14.4 Å². The van der Waals surface area contributed by atoms with Gasteiger partial charge in [-0.25, -0.2) is 8.42 Å². The van der Waals surface area contributed by atoms with Gasteiger partial charge in [0.05, 0.1) is 17.7 Å². The molecule has 0 bridgehead atoms. The molecule has 1 aliphatic heterocycles. The fourth-order valence-electron chi connectivity index (χ4n) is 4.39. The zero-order valence-electron chi connectivity index (χ0n) is 20.0. The van der Waals surface area contributed by atoms with Gasteiger partial charge in [0, 0.05) is 31.2 Å². The van der Waals surface area contributed by atoms with Crippen LogP contribution >= 0.6 is 0 Å². The van der Waals surface area contributed by atoms with E-state index in [0.29, 0.717) is 23.5 Å². The molecule has 0 saturated carbocycles. The first-order valence-corrected chi connectivity index (χ1v) is 13.2. The predicted molar refractivity (Wildman–Crippen MR) is 137 cm³/mol. The Morgan fingerprint density at radius 1 is 1.00 bits per heavy atom. The predicted octanol–water partition coefficient (Wildman–Crippen LogP) is 4.06. The van der Waals surface area contributed by atoms with Crippen molar-refractivity contribution in [3.63, 3.8) is 0 Å². The highest BCUT2D eigenvalue weighted by molar-refractivity contribution is 7.92. The number of fused-ring (bicyclic) bond motifs is 1. The lowest BCUT2D eigenvalue weighted by molar-refractivity contribution is 0.0926. The van der Waals surface area contributed by atoms with E-state index in [1.54, 1.807) is 24.3 Å². The molecule has 0 aromatic heterocycles. The second-order valence-electron chi connectivity index (χ2n) is 8.59. The summed E-state index contributed by atoms with van der Waals surface area (Å²) in [5.74, 6) is 0.206. The summed E-state index contributed by atoms with van der Waals surface area (Å²) in [5, 5.41) is 3.02. The van der Waals surface area contributed by atoms with Crippen LogP contribution in [0.3, 0.4) is 0 Å². The van der Waals surface area contributed by atoms with Crippen LogP contribution < -0.4 is 14.8 Å². The number of methoxy groups -OCH3 is 1. The molecule has 1 atom stereocenters. The van der Waals surface area contributed by atoms with Gasteiger partial charge in [0.15, 0.2) is 0 Å². The third-order valence-electron chi connectivity index (χ3n) is 6.42. The van der Waals surface area contributed by atoms with Gasteiger partial charge in [0.2, 0.25) is 0 Å². The number of anilines is 1. The van der Waals surface area contributed by atoms with E-state index in [4.69, 9.17) is 4.74 Å². The fraction of sp³-hybridized carbons (Fsp3) is 0.296. The molecule has 7 nitrogen and oxygen atoms in total. The van der Waals surface area contributed by atoms with Gasteiger partial charge in [-0.15, -0.1) is 0 Å². The maximum absolute atomic E-state index is 12.8. The molecule has 2 N–H and O–H groups in total. The van der Waals surface area contributed by atoms with Gasteiger partial charge in [-0.05, 0) is 60.4 Å². The molecule has 184 valence electrons. The lowest BCUT2D eigenvalue weighted by Crippen LogP contribution is -2.45. The highest BCUT2D eigenvalue weighted by Gasteiger charge is 2.23. The molecule has 3 aromatic carbocycles. The van der Waals surface area contributed by atoms with E-state index in [9.17, 15) is 13.2 Å². The summed E-state index contributed by atoms with van der Waals surface area (Å²) >= 11 is 0. The Morgan fingerprint density at radius 3 is 2.40 bits per heavy atom. The van der Waals surface area contributed by atoms with Crippen molar-refractivity contribution in [2.75, 3.05) is 24.9 Å². The maximum atomic E-state index is 12.8. The smallest absolute Gasteiger partial charge is 0.262 e. The Bertz CT molecular complexity index is 1280. The summed E-state index contributed by atoms with van der Waals surface area (Å²) in [6.45, 7) is 4.52. The summed E-state index contributed by atoms with van der Waals surface area (Å²) in [6, 6.07) is 21.5. The molecular formula is C27H31N3O4S. The number of nitrogens with one attached hydrogen (secondary N) is 2. The van der Waals surface area contributed by atoms with Crippen molar-refractivity contribution < 1.29 is 17.9 Å². The van der Waals surface area contributed by atoms with E-state index < -0.39 is 10.0 Å². The number of hydrogen-bond donors (Lipinski definition) is 2. The quantitative estimate of drug-likeness (QED) is 0.469. The summed E-state index contributed by atoms with van der Waals surface area (Å²) in [6.07, 6.45) is 1.94. The Morgan fingerprint density at radius 2 is 1.69 bits per heavy atom. The number of sulfonamides is 1. The lowest BCUT2D eigenvalue weighted by Gasteiger charge is -2.35. The average Bonchev–Trinajstić information content (AvgIpc) is 2.89. The van der Waals surface area contributed by atoms with Gasteiger partial charge in [0.25, 0.3) is 15.9 Å². The van der Waals surface area contributed by atoms with Crippen LogP contribution in [0.25, 0.3) is 0 Å². The van der Waals surface area contributed by atoms with E-state index in [-0.39, 0.29) is 16.8 Å². The largest absolute Gasteiger partial charge is 0.495 e. The van der Waals surface area contributed by atoms with E-state index in [1.807, 2.05) is 0 Å². The van der Waals surface area contributed by atoms with Crippen molar-refractivity contribution in [3.05, 3.63) is 89.5 Å². The molecule has 0 saturated heterocycles. The molecule has 0 spiro atoms. The van der Waals surface area contributed by atoms with E-state index in [2.05, 4.69) is 46.1 Å². The molecule has 35 heavy (non-hydrogen) atoms. The zero-order chi connectivity index (χ0) is 24.8. The van der Waals surface area contributed by atoms with Gasteiger partial charge < -0.3 is 10.1 Å². The van der Waals surface area contributed by atoms with Gasteiger partial charge in [0.1, 0.15) is 5.75 Å². The summed E-state index contributed by atoms with van der Waals surface area (Å²) in [5.41, 5.74) is 3.52. The number of amides is 1. The van der Waals surface area contributed by atoms with Gasteiger partial charge in [-0.1, -0.05) is 43.3 Å². The van der Waals surface area contributed by atoms with Crippen molar-refractivity contribution in [3.8, 4) is 5.75 Å². The van der Waals surface area contributed by atoms with Crippen LogP contribution in [0.15, 0.2) is 77.7 Å². The topological polar surface area (TPSA) is 87.7 Å². The van der Waals surface area contributed by atoms with Crippen molar-refractivity contribution in [2.24, 2.45) is 0 Å². The highest BCUT2D eigenvalue weighted by Crippen LogP contribution is 2.26. The minimum atomic E-state index is -3.83. The third kappa shape index (κ3) is 5.83. The van der Waals surface area contributed by atoms with Crippen LogP contribution in [0.1, 0.15) is 34.8 Å². The van der Waals surface area contributed by atoms with Gasteiger partial charge >= 0.3 is 0 Å². The monoisotopic (exact) mass is 493 g/mol. The number of para-hydroxylation sites is 2. The minimum absolute atomic E-state index is 0.0679. The number of nitrogens with zero attached hydrogens (tertiary/aromatic N) is 1.